The van der Waals surface area contributed by atoms with Crippen molar-refractivity contribution in [3.05, 3.63) is 11.9 Å². The molecule has 0 aromatic rings. The minimum atomic E-state index is -2.21. The molecule has 1 unspecified atom stereocenters. The van der Waals surface area contributed by atoms with Crippen LogP contribution >= 0.6 is 38.5 Å². The fraction of sp³-hybridized carbons (Fsp3) is 0.600. The molecule has 0 saturated carbocycles. The highest BCUT2D eigenvalue weighted by Gasteiger charge is 2.10. The van der Waals surface area contributed by atoms with E-state index in [1.165, 1.54) is 0 Å². The van der Waals surface area contributed by atoms with Gasteiger partial charge in [0.05, 0.1) is 0 Å². The third kappa shape index (κ3) is 4.54. The molecule has 0 bridgehead atoms. The molecule has 60 valence electrons. The molecule has 10 heavy (non-hydrogen) atoms. The van der Waals surface area contributed by atoms with Crippen LogP contribution in [0.3, 0.4) is 0 Å². The van der Waals surface area contributed by atoms with Crippen molar-refractivity contribution in [1.29, 1.82) is 0 Å². The smallest absolute Gasteiger partial charge is 0.206 e. The van der Waals surface area contributed by atoms with Gasteiger partial charge in [0.25, 0.3) is 0 Å². The second-order valence-electron chi connectivity index (χ2n) is 1.62. The molecule has 0 rings (SSSR count). The maximum Gasteiger partial charge on any atom is 0.301 e. The van der Waals surface area contributed by atoms with E-state index in [9.17, 15) is 13.2 Å². The summed E-state index contributed by atoms with van der Waals surface area (Å²) in [5.74, 6) is -1.32. The van der Waals surface area contributed by atoms with Crippen LogP contribution in [0.5, 0.6) is 0 Å². The molecule has 0 spiro atoms. The fourth-order valence-corrected chi connectivity index (χ4v) is 0.922. The Morgan fingerprint density at radius 2 is 1.90 bits per heavy atom. The second kappa shape index (κ2) is 5.40. The molecule has 1 atom stereocenters. The van der Waals surface area contributed by atoms with E-state index in [4.69, 9.17) is 0 Å². The molecule has 5 heteroatoms. The molecule has 0 radical (unpaired) electrons. The summed E-state index contributed by atoms with van der Waals surface area (Å²) in [6.45, 7) is 0. The summed E-state index contributed by atoms with van der Waals surface area (Å²) in [5, 5.41) is 0. The molecule has 0 fully saturated rings. The molecule has 0 amide bonds. The quantitative estimate of drug-likeness (QED) is 0.548. The highest BCUT2D eigenvalue weighted by molar-refractivity contribution is 14.1. The molecule has 0 aromatic heterocycles. The summed E-state index contributed by atoms with van der Waals surface area (Å²) in [6.07, 6.45) is -2.44. The van der Waals surface area contributed by atoms with Crippen LogP contribution in [0.15, 0.2) is 11.9 Å². The average molecular weight is 329 g/mol. The molecule has 0 heterocycles. The molecule has 0 saturated heterocycles. The summed E-state index contributed by atoms with van der Waals surface area (Å²) in [7, 11) is 0. The first-order valence-corrected chi connectivity index (χ1v) is 4.91. The van der Waals surface area contributed by atoms with E-state index >= 15 is 0 Å². The fourth-order valence-electron chi connectivity index (χ4n) is 0.326. The lowest BCUT2D eigenvalue weighted by molar-refractivity contribution is 0.371. The topological polar surface area (TPSA) is 0 Å². The van der Waals surface area contributed by atoms with Gasteiger partial charge in [0.1, 0.15) is 0 Å². The predicted octanol–water partition coefficient (Wildman–Crippen LogP) is 3.65. The highest BCUT2D eigenvalue weighted by atomic mass is 127. The highest BCUT2D eigenvalue weighted by Crippen LogP contribution is 2.20. The Bertz CT molecular complexity index is 133. The van der Waals surface area contributed by atoms with Crippen LogP contribution < -0.4 is 0 Å². The number of alkyl halides is 2. The predicted molar refractivity (Wildman–Crippen MR) is 46.6 cm³/mol. The summed E-state index contributed by atoms with van der Waals surface area (Å²) >= 11 is 5.02. The first kappa shape index (κ1) is 10.7. The SMILES string of the molecule is FC(F)=C(F)CC(Br)CI. The summed E-state index contributed by atoms with van der Waals surface area (Å²) in [4.78, 5) is -0.199. The van der Waals surface area contributed by atoms with Gasteiger partial charge in [-0.05, 0) is 0 Å². The largest absolute Gasteiger partial charge is 0.301 e. The van der Waals surface area contributed by atoms with E-state index in [-0.39, 0.29) is 11.2 Å². The summed E-state index contributed by atoms with van der Waals surface area (Å²) in [6, 6.07) is 0. The third-order valence-corrected chi connectivity index (χ3v) is 3.69. The third-order valence-electron chi connectivity index (χ3n) is 0.773. The van der Waals surface area contributed by atoms with Crippen molar-refractivity contribution < 1.29 is 13.2 Å². The molecule has 0 aliphatic carbocycles. The normalized spacial score (nSPS) is 12.9. The summed E-state index contributed by atoms with van der Waals surface area (Å²) < 4.78 is 35.5. The second-order valence-corrected chi connectivity index (χ2v) is 3.80. The van der Waals surface area contributed by atoms with Crippen molar-refractivity contribution in [1.82, 2.24) is 0 Å². The van der Waals surface area contributed by atoms with Crippen LogP contribution in [0.1, 0.15) is 6.42 Å². The number of hydrogen-bond acceptors (Lipinski definition) is 0. The Morgan fingerprint density at radius 3 is 2.20 bits per heavy atom. The minimum absolute atomic E-state index is 0.199. The zero-order valence-electron chi connectivity index (χ0n) is 4.88. The Morgan fingerprint density at radius 1 is 1.40 bits per heavy atom. The van der Waals surface area contributed by atoms with Crippen molar-refractivity contribution in [3.8, 4) is 0 Å². The standard InChI is InChI=1S/C5H5BrF3I/c6-3(2-10)1-4(7)5(8)9/h3H,1-2H2. The lowest BCUT2D eigenvalue weighted by Crippen LogP contribution is -1.98. The Balaban J connectivity index is 3.79. The number of halogens is 5. The van der Waals surface area contributed by atoms with Gasteiger partial charge >= 0.3 is 6.08 Å². The number of allylic oxidation sites excluding steroid dienone is 1. The van der Waals surface area contributed by atoms with Gasteiger partial charge in [0.2, 0.25) is 0 Å². The maximum atomic E-state index is 12.1. The van der Waals surface area contributed by atoms with Crippen LogP contribution in [0.25, 0.3) is 0 Å². The van der Waals surface area contributed by atoms with Crippen molar-refractivity contribution in [2.45, 2.75) is 11.2 Å². The van der Waals surface area contributed by atoms with Crippen LogP contribution in [-0.2, 0) is 0 Å². The van der Waals surface area contributed by atoms with Crippen LogP contribution in [-0.4, -0.2) is 9.25 Å². The van der Waals surface area contributed by atoms with Crippen LogP contribution in [0.4, 0.5) is 13.2 Å². The number of hydrogen-bond donors (Lipinski definition) is 0. The Labute approximate surface area is 79.1 Å². The van der Waals surface area contributed by atoms with Gasteiger partial charge in [-0.3, -0.25) is 0 Å². The van der Waals surface area contributed by atoms with Gasteiger partial charge in [-0.15, -0.1) is 0 Å². The van der Waals surface area contributed by atoms with E-state index in [1.54, 1.807) is 0 Å². The molecule has 0 nitrogen and oxygen atoms in total. The Hall–Kier alpha value is 0.740. The molecule has 0 aliphatic rings. The van der Waals surface area contributed by atoms with Gasteiger partial charge < -0.3 is 0 Å². The van der Waals surface area contributed by atoms with Crippen LogP contribution in [0, 0.1) is 0 Å². The van der Waals surface area contributed by atoms with Gasteiger partial charge in [0, 0.05) is 15.7 Å². The van der Waals surface area contributed by atoms with E-state index in [0.717, 1.165) is 0 Å². The zero-order chi connectivity index (χ0) is 8.15. The summed E-state index contributed by atoms with van der Waals surface area (Å²) in [5.41, 5.74) is 0. The van der Waals surface area contributed by atoms with Crippen molar-refractivity contribution >= 4 is 38.5 Å². The molecule has 0 aliphatic heterocycles. The average Bonchev–Trinajstić information content (AvgIpc) is 1.87. The van der Waals surface area contributed by atoms with Crippen molar-refractivity contribution in [2.24, 2.45) is 0 Å². The van der Waals surface area contributed by atoms with Gasteiger partial charge in [-0.1, -0.05) is 38.5 Å². The molecular weight excluding hydrogens is 324 g/mol. The van der Waals surface area contributed by atoms with Crippen molar-refractivity contribution in [2.75, 3.05) is 4.43 Å². The van der Waals surface area contributed by atoms with Gasteiger partial charge in [0.15, 0.2) is 5.83 Å². The zero-order valence-corrected chi connectivity index (χ0v) is 8.62. The monoisotopic (exact) mass is 328 g/mol. The van der Waals surface area contributed by atoms with Crippen LogP contribution in [0.2, 0.25) is 0 Å². The van der Waals surface area contributed by atoms with Gasteiger partial charge in [-0.2, -0.15) is 8.78 Å². The lowest BCUT2D eigenvalue weighted by Gasteiger charge is -2.00. The minimum Gasteiger partial charge on any atom is -0.206 e. The maximum absolute atomic E-state index is 12.1. The van der Waals surface area contributed by atoms with Crippen molar-refractivity contribution in [3.63, 3.8) is 0 Å². The van der Waals surface area contributed by atoms with E-state index in [1.807, 2.05) is 22.6 Å². The lowest BCUT2D eigenvalue weighted by atomic mass is 10.3. The van der Waals surface area contributed by atoms with E-state index in [0.29, 0.717) is 4.43 Å². The molecule has 0 aromatic carbocycles. The van der Waals surface area contributed by atoms with E-state index < -0.39 is 11.9 Å². The van der Waals surface area contributed by atoms with E-state index in [2.05, 4.69) is 15.9 Å². The van der Waals surface area contributed by atoms with Gasteiger partial charge in [-0.25, -0.2) is 4.39 Å². The Kier molecular flexibility index (Phi) is 5.80. The first-order valence-electron chi connectivity index (χ1n) is 2.47. The first-order chi connectivity index (χ1) is 4.57. The molecular formula is C5H5BrF3I. The molecule has 0 N–H and O–H groups in total. The number of rotatable bonds is 3.